The Balaban J connectivity index is 1.92. The highest BCUT2D eigenvalue weighted by molar-refractivity contribution is 14.1. The van der Waals surface area contributed by atoms with Gasteiger partial charge in [0.25, 0.3) is 5.91 Å². The molecule has 0 atom stereocenters. The van der Waals surface area contributed by atoms with E-state index in [1.165, 1.54) is 4.90 Å². The Morgan fingerprint density at radius 2 is 1.85 bits per heavy atom. The number of nitrogens with zero attached hydrogens (tertiary/aromatic N) is 2. The minimum atomic E-state index is -4.18. The van der Waals surface area contributed by atoms with Crippen molar-refractivity contribution in [2.75, 3.05) is 32.7 Å². The number of carbonyl (C=O) groups is 1. The number of carbonyl (C=O) groups excluding carboxylic acids is 1. The molecule has 3 nitrogen and oxygen atoms in total. The van der Waals surface area contributed by atoms with Gasteiger partial charge in [-0.15, -0.1) is 0 Å². The number of hydrogen-bond donors (Lipinski definition) is 0. The minimum Gasteiger partial charge on any atom is -0.336 e. The number of rotatable bonds is 2. The van der Waals surface area contributed by atoms with Crippen LogP contribution in [-0.4, -0.2) is 54.6 Å². The lowest BCUT2D eigenvalue weighted by molar-refractivity contribution is -0.148. The van der Waals surface area contributed by atoms with Crippen LogP contribution in [0.2, 0.25) is 0 Å². The Labute approximate surface area is 128 Å². The molecule has 7 heteroatoms. The SMILES string of the molecule is O=C(c1cccc(I)c1)N1CCN(CC(F)(F)F)CC1. The van der Waals surface area contributed by atoms with E-state index >= 15 is 0 Å². The first kappa shape index (κ1) is 15.6. The molecule has 1 heterocycles. The molecule has 1 aromatic carbocycles. The molecule has 1 aliphatic heterocycles. The van der Waals surface area contributed by atoms with Gasteiger partial charge in [-0.05, 0) is 40.8 Å². The van der Waals surface area contributed by atoms with Crippen LogP contribution in [0, 0.1) is 3.57 Å². The fourth-order valence-electron chi connectivity index (χ4n) is 2.17. The lowest BCUT2D eigenvalue weighted by Gasteiger charge is -2.35. The van der Waals surface area contributed by atoms with E-state index in [2.05, 4.69) is 22.6 Å². The molecule has 1 saturated heterocycles. The van der Waals surface area contributed by atoms with Crippen molar-refractivity contribution >= 4 is 28.5 Å². The van der Waals surface area contributed by atoms with Crippen LogP contribution in [0.1, 0.15) is 10.4 Å². The summed E-state index contributed by atoms with van der Waals surface area (Å²) in [5.74, 6) is -0.116. The average Bonchev–Trinajstić information content (AvgIpc) is 2.37. The maximum absolute atomic E-state index is 12.3. The fourth-order valence-corrected chi connectivity index (χ4v) is 2.71. The molecular formula is C13H14F3IN2O. The molecule has 0 saturated carbocycles. The van der Waals surface area contributed by atoms with Crippen molar-refractivity contribution in [3.8, 4) is 0 Å². The molecule has 0 aromatic heterocycles. The predicted molar refractivity (Wildman–Crippen MR) is 77.6 cm³/mol. The second kappa shape index (κ2) is 6.30. The van der Waals surface area contributed by atoms with Gasteiger partial charge in [0.15, 0.2) is 0 Å². The van der Waals surface area contributed by atoms with Gasteiger partial charge in [0.05, 0.1) is 6.54 Å². The monoisotopic (exact) mass is 398 g/mol. The highest BCUT2D eigenvalue weighted by Gasteiger charge is 2.32. The molecule has 0 unspecified atom stereocenters. The van der Waals surface area contributed by atoms with Crippen LogP contribution in [0.4, 0.5) is 13.2 Å². The van der Waals surface area contributed by atoms with Crippen LogP contribution >= 0.6 is 22.6 Å². The Kier molecular flexibility index (Phi) is 4.90. The third-order valence-electron chi connectivity index (χ3n) is 3.13. The third-order valence-corrected chi connectivity index (χ3v) is 3.80. The molecule has 0 spiro atoms. The van der Waals surface area contributed by atoms with E-state index in [-0.39, 0.29) is 19.0 Å². The van der Waals surface area contributed by atoms with Crippen molar-refractivity contribution in [2.45, 2.75) is 6.18 Å². The summed E-state index contributed by atoms with van der Waals surface area (Å²) in [5, 5.41) is 0. The second-order valence-electron chi connectivity index (χ2n) is 4.69. The molecule has 0 aliphatic carbocycles. The number of alkyl halides is 3. The maximum Gasteiger partial charge on any atom is 0.401 e. The van der Waals surface area contributed by atoms with Crippen LogP contribution in [0.5, 0.6) is 0 Å². The normalized spacial score (nSPS) is 17.3. The average molecular weight is 398 g/mol. The van der Waals surface area contributed by atoms with Gasteiger partial charge in [-0.1, -0.05) is 6.07 Å². The maximum atomic E-state index is 12.3. The van der Waals surface area contributed by atoms with Crippen molar-refractivity contribution in [2.24, 2.45) is 0 Å². The first-order valence-corrected chi connectivity index (χ1v) is 7.27. The Morgan fingerprint density at radius 1 is 1.20 bits per heavy atom. The summed E-state index contributed by atoms with van der Waals surface area (Å²) in [4.78, 5) is 15.2. The van der Waals surface area contributed by atoms with Gasteiger partial charge in [0.2, 0.25) is 0 Å². The molecule has 1 amide bonds. The molecular weight excluding hydrogens is 384 g/mol. The number of halogens is 4. The number of benzene rings is 1. The van der Waals surface area contributed by atoms with Gasteiger partial charge in [-0.25, -0.2) is 0 Å². The Bertz CT molecular complexity index is 485. The number of amides is 1. The van der Waals surface area contributed by atoms with Crippen LogP contribution < -0.4 is 0 Å². The highest BCUT2D eigenvalue weighted by atomic mass is 127. The van der Waals surface area contributed by atoms with E-state index < -0.39 is 12.7 Å². The van der Waals surface area contributed by atoms with Crippen molar-refractivity contribution in [3.63, 3.8) is 0 Å². The Hall–Kier alpha value is -0.830. The molecule has 110 valence electrons. The van der Waals surface area contributed by atoms with E-state index in [4.69, 9.17) is 0 Å². The predicted octanol–water partition coefficient (Wildman–Crippen LogP) is 2.61. The Morgan fingerprint density at radius 3 is 2.40 bits per heavy atom. The summed E-state index contributed by atoms with van der Waals surface area (Å²) in [6.45, 7) is 0.281. The lowest BCUT2D eigenvalue weighted by Crippen LogP contribution is -2.50. The van der Waals surface area contributed by atoms with Crippen molar-refractivity contribution in [3.05, 3.63) is 33.4 Å². The quantitative estimate of drug-likeness (QED) is 0.716. The molecule has 1 fully saturated rings. The summed E-state index contributed by atoms with van der Waals surface area (Å²) in [5.41, 5.74) is 0.584. The van der Waals surface area contributed by atoms with Gasteiger partial charge in [-0.2, -0.15) is 13.2 Å². The van der Waals surface area contributed by atoms with Crippen LogP contribution in [0.25, 0.3) is 0 Å². The minimum absolute atomic E-state index is 0.116. The standard InChI is InChI=1S/C13H14F3IN2O/c14-13(15,16)9-18-4-6-19(7-5-18)12(20)10-2-1-3-11(17)8-10/h1-3,8H,4-7,9H2. The zero-order chi connectivity index (χ0) is 14.8. The van der Waals surface area contributed by atoms with Gasteiger partial charge >= 0.3 is 6.18 Å². The molecule has 0 N–H and O–H groups in total. The highest BCUT2D eigenvalue weighted by Crippen LogP contribution is 2.18. The largest absolute Gasteiger partial charge is 0.401 e. The topological polar surface area (TPSA) is 23.6 Å². The van der Waals surface area contributed by atoms with Gasteiger partial charge in [0.1, 0.15) is 0 Å². The first-order valence-electron chi connectivity index (χ1n) is 6.19. The molecule has 1 aromatic rings. The van der Waals surface area contributed by atoms with Crippen molar-refractivity contribution in [1.82, 2.24) is 9.80 Å². The first-order chi connectivity index (χ1) is 9.35. The summed E-state index contributed by atoms with van der Waals surface area (Å²) >= 11 is 2.12. The van der Waals surface area contributed by atoms with E-state index in [0.717, 1.165) is 3.57 Å². The number of piperazine rings is 1. The molecule has 20 heavy (non-hydrogen) atoms. The third kappa shape index (κ3) is 4.34. The zero-order valence-electron chi connectivity index (χ0n) is 10.7. The van der Waals surface area contributed by atoms with E-state index in [0.29, 0.717) is 18.7 Å². The smallest absolute Gasteiger partial charge is 0.336 e. The fraction of sp³-hybridized carbons (Fsp3) is 0.462. The lowest BCUT2D eigenvalue weighted by atomic mass is 10.2. The summed E-state index contributed by atoms with van der Waals surface area (Å²) < 4.78 is 37.8. The zero-order valence-corrected chi connectivity index (χ0v) is 12.8. The van der Waals surface area contributed by atoms with E-state index in [1.54, 1.807) is 23.1 Å². The summed E-state index contributed by atoms with van der Waals surface area (Å²) in [6, 6.07) is 7.20. The van der Waals surface area contributed by atoms with Crippen LogP contribution in [-0.2, 0) is 0 Å². The molecule has 1 aliphatic rings. The summed E-state index contributed by atoms with van der Waals surface area (Å²) in [6.07, 6.45) is -4.18. The van der Waals surface area contributed by atoms with Gasteiger partial charge in [0, 0.05) is 35.3 Å². The van der Waals surface area contributed by atoms with Crippen LogP contribution in [0.3, 0.4) is 0 Å². The van der Waals surface area contributed by atoms with Crippen LogP contribution in [0.15, 0.2) is 24.3 Å². The van der Waals surface area contributed by atoms with Gasteiger partial charge in [-0.3, -0.25) is 9.69 Å². The molecule has 2 rings (SSSR count). The summed E-state index contributed by atoms with van der Waals surface area (Å²) in [7, 11) is 0. The molecule has 0 radical (unpaired) electrons. The van der Waals surface area contributed by atoms with Gasteiger partial charge < -0.3 is 4.90 Å². The van der Waals surface area contributed by atoms with E-state index in [1.807, 2.05) is 6.07 Å². The van der Waals surface area contributed by atoms with Crippen molar-refractivity contribution < 1.29 is 18.0 Å². The number of hydrogen-bond acceptors (Lipinski definition) is 2. The van der Waals surface area contributed by atoms with Crippen molar-refractivity contribution in [1.29, 1.82) is 0 Å². The molecule has 0 bridgehead atoms. The van der Waals surface area contributed by atoms with E-state index in [9.17, 15) is 18.0 Å². The second-order valence-corrected chi connectivity index (χ2v) is 5.94.